The Morgan fingerprint density at radius 1 is 0.960 bits per heavy atom. The molecule has 1 amide bonds. The fourth-order valence-corrected chi connectivity index (χ4v) is 2.98. The summed E-state index contributed by atoms with van der Waals surface area (Å²) < 4.78 is 5.25. The highest BCUT2D eigenvalue weighted by Crippen LogP contribution is 2.49. The number of rotatable bonds is 8. The highest BCUT2D eigenvalue weighted by Gasteiger charge is 2.52. The zero-order chi connectivity index (χ0) is 17.5. The average molecular weight is 337 g/mol. The molecule has 0 bridgehead atoms. The van der Waals surface area contributed by atoms with Gasteiger partial charge in [0.2, 0.25) is 0 Å². The second-order valence-corrected chi connectivity index (χ2v) is 6.46. The third-order valence-corrected chi connectivity index (χ3v) is 4.61. The monoisotopic (exact) mass is 337 g/mol. The maximum Gasteiger partial charge on any atom is 0.317 e. The number of hydrogen-bond acceptors (Lipinski definition) is 3. The van der Waals surface area contributed by atoms with Gasteiger partial charge in [0.25, 0.3) is 5.91 Å². The van der Waals surface area contributed by atoms with Crippen molar-refractivity contribution in [2.45, 2.75) is 31.1 Å². The topological polar surface area (TPSA) is 55.4 Å². The Hall–Kier alpha value is -2.62. The van der Waals surface area contributed by atoms with E-state index < -0.39 is 5.41 Å². The van der Waals surface area contributed by atoms with Gasteiger partial charge < -0.3 is 10.1 Å². The van der Waals surface area contributed by atoms with Crippen LogP contribution >= 0.6 is 0 Å². The first kappa shape index (κ1) is 17.2. The first-order valence-corrected chi connectivity index (χ1v) is 8.74. The number of benzene rings is 2. The number of nitrogens with one attached hydrogen (secondary N) is 1. The van der Waals surface area contributed by atoms with Crippen molar-refractivity contribution >= 4 is 11.9 Å². The van der Waals surface area contributed by atoms with Gasteiger partial charge in [-0.1, -0.05) is 60.7 Å². The van der Waals surface area contributed by atoms with Crippen LogP contribution in [0, 0.1) is 0 Å². The van der Waals surface area contributed by atoms with Crippen molar-refractivity contribution in [3.63, 3.8) is 0 Å². The van der Waals surface area contributed by atoms with E-state index >= 15 is 0 Å². The minimum atomic E-state index is -0.533. The number of hydrogen-bond donors (Lipinski definition) is 1. The minimum absolute atomic E-state index is 0.210. The average Bonchev–Trinajstić information content (AvgIpc) is 3.47. The van der Waals surface area contributed by atoms with Crippen LogP contribution in [0.4, 0.5) is 0 Å². The normalized spacial score (nSPS) is 14.6. The third-order valence-electron chi connectivity index (χ3n) is 4.61. The molecule has 1 aliphatic rings. The summed E-state index contributed by atoms with van der Waals surface area (Å²) in [7, 11) is 0. The zero-order valence-electron chi connectivity index (χ0n) is 14.2. The van der Waals surface area contributed by atoms with Crippen LogP contribution < -0.4 is 5.32 Å². The molecule has 2 aromatic carbocycles. The van der Waals surface area contributed by atoms with Crippen molar-refractivity contribution in [3.8, 4) is 0 Å². The predicted molar refractivity (Wildman–Crippen MR) is 96.1 cm³/mol. The summed E-state index contributed by atoms with van der Waals surface area (Å²) in [4.78, 5) is 24.2. The summed E-state index contributed by atoms with van der Waals surface area (Å²) >= 11 is 0. The number of esters is 1. The van der Waals surface area contributed by atoms with Gasteiger partial charge >= 0.3 is 5.97 Å². The van der Waals surface area contributed by atoms with E-state index in [9.17, 15) is 9.59 Å². The lowest BCUT2D eigenvalue weighted by Crippen LogP contribution is -2.32. The molecule has 0 atom stereocenters. The van der Waals surface area contributed by atoms with Crippen LogP contribution in [0.2, 0.25) is 0 Å². The van der Waals surface area contributed by atoms with Crippen molar-refractivity contribution in [1.29, 1.82) is 0 Å². The Balaban J connectivity index is 1.37. The number of carbonyl (C=O) groups excluding carboxylic acids is 2. The van der Waals surface area contributed by atoms with E-state index in [1.54, 1.807) is 0 Å². The molecule has 25 heavy (non-hydrogen) atoms. The maximum absolute atomic E-state index is 12.3. The first-order chi connectivity index (χ1) is 12.2. The summed E-state index contributed by atoms with van der Waals surface area (Å²) in [5.74, 6) is -0.539. The molecule has 0 aromatic heterocycles. The van der Waals surface area contributed by atoms with Gasteiger partial charge in [-0.2, -0.15) is 0 Å². The zero-order valence-corrected chi connectivity index (χ0v) is 14.2. The summed E-state index contributed by atoms with van der Waals surface area (Å²) in [5, 5.41) is 2.80. The van der Waals surface area contributed by atoms with E-state index in [4.69, 9.17) is 4.74 Å². The van der Waals surface area contributed by atoms with Gasteiger partial charge in [0.1, 0.15) is 0 Å². The smallest absolute Gasteiger partial charge is 0.317 e. The molecule has 0 radical (unpaired) electrons. The minimum Gasteiger partial charge on any atom is -0.455 e. The van der Waals surface area contributed by atoms with Gasteiger partial charge in [0.05, 0.1) is 5.41 Å². The molecule has 1 fully saturated rings. The van der Waals surface area contributed by atoms with Crippen molar-refractivity contribution in [2.75, 3.05) is 13.2 Å². The molecule has 1 N–H and O–H groups in total. The summed E-state index contributed by atoms with van der Waals surface area (Å²) in [6.45, 7) is 0.369. The molecule has 0 aliphatic heterocycles. The molecule has 1 saturated carbocycles. The molecule has 0 unspecified atom stereocenters. The summed E-state index contributed by atoms with van der Waals surface area (Å²) in [5.41, 5.74) is 1.69. The Morgan fingerprint density at radius 2 is 1.60 bits per heavy atom. The van der Waals surface area contributed by atoms with E-state index in [0.29, 0.717) is 6.54 Å². The highest BCUT2D eigenvalue weighted by molar-refractivity contribution is 5.88. The molecule has 0 spiro atoms. The van der Waals surface area contributed by atoms with Crippen molar-refractivity contribution in [1.82, 2.24) is 5.32 Å². The molecular formula is C21H23NO3. The van der Waals surface area contributed by atoms with Crippen LogP contribution in [0.5, 0.6) is 0 Å². The standard InChI is InChI=1S/C21H23NO3/c23-19(22-15-7-10-17-8-3-1-4-9-17)16-25-20(24)21(13-14-21)18-11-5-2-6-12-18/h1-6,8-9,11-12H,7,10,13-16H2,(H,22,23). The van der Waals surface area contributed by atoms with Gasteiger partial charge in [0.15, 0.2) is 6.61 Å². The Morgan fingerprint density at radius 3 is 2.24 bits per heavy atom. The summed E-state index contributed by atoms with van der Waals surface area (Å²) in [6, 6.07) is 19.8. The molecule has 130 valence electrons. The molecule has 0 saturated heterocycles. The van der Waals surface area contributed by atoms with E-state index in [-0.39, 0.29) is 18.5 Å². The number of carbonyl (C=O) groups is 2. The summed E-state index contributed by atoms with van der Waals surface area (Å²) in [6.07, 6.45) is 3.35. The Kier molecular flexibility index (Phi) is 5.49. The van der Waals surface area contributed by atoms with Crippen molar-refractivity contribution < 1.29 is 14.3 Å². The molecule has 2 aromatic rings. The fourth-order valence-electron chi connectivity index (χ4n) is 2.98. The maximum atomic E-state index is 12.3. The fraction of sp³-hybridized carbons (Fsp3) is 0.333. The van der Waals surface area contributed by atoms with Gasteiger partial charge in [-0.05, 0) is 36.8 Å². The van der Waals surface area contributed by atoms with Crippen molar-refractivity contribution in [3.05, 3.63) is 71.8 Å². The van der Waals surface area contributed by atoms with Gasteiger partial charge in [0, 0.05) is 6.54 Å². The van der Waals surface area contributed by atoms with Gasteiger partial charge in [-0.3, -0.25) is 9.59 Å². The van der Waals surface area contributed by atoms with E-state index in [2.05, 4.69) is 17.4 Å². The van der Waals surface area contributed by atoms with Crippen LogP contribution in [-0.4, -0.2) is 25.0 Å². The molecule has 0 heterocycles. The quantitative estimate of drug-likeness (QED) is 0.595. The number of aryl methyl sites for hydroxylation is 1. The molecule has 3 rings (SSSR count). The number of ether oxygens (including phenoxy) is 1. The Bertz CT molecular complexity index is 708. The van der Waals surface area contributed by atoms with Crippen LogP contribution in [0.1, 0.15) is 30.4 Å². The van der Waals surface area contributed by atoms with E-state index in [0.717, 1.165) is 31.2 Å². The lowest BCUT2D eigenvalue weighted by atomic mass is 9.96. The van der Waals surface area contributed by atoms with Crippen molar-refractivity contribution in [2.24, 2.45) is 0 Å². The van der Waals surface area contributed by atoms with Gasteiger partial charge in [-0.25, -0.2) is 0 Å². The predicted octanol–water partition coefficient (Wildman–Crippen LogP) is 3.01. The van der Waals surface area contributed by atoms with Crippen LogP contribution in [0.3, 0.4) is 0 Å². The lowest BCUT2D eigenvalue weighted by Gasteiger charge is -2.14. The van der Waals surface area contributed by atoms with Crippen LogP contribution in [0.15, 0.2) is 60.7 Å². The first-order valence-electron chi connectivity index (χ1n) is 8.74. The molecular weight excluding hydrogens is 314 g/mol. The SMILES string of the molecule is O=C(COC(=O)C1(c2ccccc2)CC1)NCCCc1ccccc1. The second-order valence-electron chi connectivity index (χ2n) is 6.46. The second kappa shape index (κ2) is 7.97. The largest absolute Gasteiger partial charge is 0.455 e. The third kappa shape index (κ3) is 4.47. The van der Waals surface area contributed by atoms with Gasteiger partial charge in [-0.15, -0.1) is 0 Å². The number of amides is 1. The van der Waals surface area contributed by atoms with Crippen LogP contribution in [-0.2, 0) is 26.2 Å². The van der Waals surface area contributed by atoms with E-state index in [1.807, 2.05) is 48.5 Å². The highest BCUT2D eigenvalue weighted by atomic mass is 16.5. The van der Waals surface area contributed by atoms with E-state index in [1.165, 1.54) is 5.56 Å². The molecule has 4 heteroatoms. The van der Waals surface area contributed by atoms with Crippen LogP contribution in [0.25, 0.3) is 0 Å². The molecule has 4 nitrogen and oxygen atoms in total. The molecule has 1 aliphatic carbocycles. The Labute approximate surface area is 148 Å². The lowest BCUT2D eigenvalue weighted by molar-refractivity contribution is -0.151.